The Morgan fingerprint density at radius 3 is 2.85 bits per heavy atom. The number of rotatable bonds is 5. The molecule has 2 N–H and O–H groups in total. The first-order valence-corrected chi connectivity index (χ1v) is 7.93. The fourth-order valence-electron chi connectivity index (χ4n) is 2.28. The standard InChI is InChI=1S/C15H22BrN3O/c1-12-3-4-13(11-14(12)16)15(20)18-5-2-8-19-9-6-17-7-10-19/h3-4,11,17H,2,5-10H2,1H3,(H,18,20). The normalized spacial score (nSPS) is 16.1. The van der Waals surface area contributed by atoms with Crippen molar-refractivity contribution in [3.05, 3.63) is 33.8 Å². The summed E-state index contributed by atoms with van der Waals surface area (Å²) < 4.78 is 0.978. The van der Waals surface area contributed by atoms with Gasteiger partial charge in [0.2, 0.25) is 0 Å². The fraction of sp³-hybridized carbons (Fsp3) is 0.533. The Morgan fingerprint density at radius 1 is 1.40 bits per heavy atom. The van der Waals surface area contributed by atoms with Gasteiger partial charge < -0.3 is 15.5 Å². The molecule has 1 aliphatic rings. The molecular formula is C15H22BrN3O. The number of hydrogen-bond acceptors (Lipinski definition) is 3. The van der Waals surface area contributed by atoms with Crippen LogP contribution in [0.4, 0.5) is 0 Å². The minimum Gasteiger partial charge on any atom is -0.352 e. The van der Waals surface area contributed by atoms with E-state index >= 15 is 0 Å². The van der Waals surface area contributed by atoms with E-state index in [2.05, 4.69) is 31.5 Å². The minimum atomic E-state index is 0.00557. The van der Waals surface area contributed by atoms with Gasteiger partial charge >= 0.3 is 0 Å². The molecule has 0 aromatic heterocycles. The van der Waals surface area contributed by atoms with Gasteiger partial charge in [-0.15, -0.1) is 0 Å². The average Bonchev–Trinajstić information content (AvgIpc) is 2.47. The topological polar surface area (TPSA) is 44.4 Å². The third-order valence-electron chi connectivity index (χ3n) is 3.58. The van der Waals surface area contributed by atoms with Crippen molar-refractivity contribution < 1.29 is 4.79 Å². The quantitative estimate of drug-likeness (QED) is 0.804. The van der Waals surface area contributed by atoms with E-state index in [9.17, 15) is 4.79 Å². The highest BCUT2D eigenvalue weighted by Crippen LogP contribution is 2.17. The van der Waals surface area contributed by atoms with Crippen molar-refractivity contribution in [2.75, 3.05) is 39.3 Å². The fourth-order valence-corrected chi connectivity index (χ4v) is 2.65. The lowest BCUT2D eigenvalue weighted by Gasteiger charge is -2.27. The van der Waals surface area contributed by atoms with Crippen LogP contribution < -0.4 is 10.6 Å². The first kappa shape index (κ1) is 15.5. The molecule has 2 rings (SSSR count). The van der Waals surface area contributed by atoms with Crippen molar-refractivity contribution in [2.24, 2.45) is 0 Å². The van der Waals surface area contributed by atoms with Gasteiger partial charge in [0, 0.05) is 42.8 Å². The smallest absolute Gasteiger partial charge is 0.251 e. The van der Waals surface area contributed by atoms with Gasteiger partial charge in [-0.1, -0.05) is 22.0 Å². The average molecular weight is 340 g/mol. The molecule has 0 radical (unpaired) electrons. The van der Waals surface area contributed by atoms with Gasteiger partial charge in [0.15, 0.2) is 0 Å². The van der Waals surface area contributed by atoms with Crippen LogP contribution in [0.1, 0.15) is 22.3 Å². The maximum absolute atomic E-state index is 12.0. The molecule has 5 heteroatoms. The van der Waals surface area contributed by atoms with Crippen molar-refractivity contribution in [3.63, 3.8) is 0 Å². The first-order chi connectivity index (χ1) is 9.66. The molecule has 1 heterocycles. The van der Waals surface area contributed by atoms with Crippen molar-refractivity contribution in [2.45, 2.75) is 13.3 Å². The second-order valence-electron chi connectivity index (χ2n) is 5.17. The summed E-state index contributed by atoms with van der Waals surface area (Å²) in [7, 11) is 0. The lowest BCUT2D eigenvalue weighted by molar-refractivity contribution is 0.0951. The van der Waals surface area contributed by atoms with Crippen molar-refractivity contribution in [1.82, 2.24) is 15.5 Å². The molecule has 1 amide bonds. The second-order valence-corrected chi connectivity index (χ2v) is 6.02. The number of aryl methyl sites for hydroxylation is 1. The first-order valence-electron chi connectivity index (χ1n) is 7.14. The summed E-state index contributed by atoms with van der Waals surface area (Å²) in [4.78, 5) is 14.4. The number of piperazine rings is 1. The third kappa shape index (κ3) is 4.58. The lowest BCUT2D eigenvalue weighted by atomic mass is 10.1. The Morgan fingerprint density at radius 2 is 2.15 bits per heavy atom. The molecule has 1 fully saturated rings. The van der Waals surface area contributed by atoms with Crippen molar-refractivity contribution >= 4 is 21.8 Å². The molecule has 0 bridgehead atoms. The highest BCUT2D eigenvalue weighted by molar-refractivity contribution is 9.10. The second kappa shape index (κ2) is 7.76. The van der Waals surface area contributed by atoms with Crippen LogP contribution in [0.5, 0.6) is 0 Å². The van der Waals surface area contributed by atoms with Gasteiger partial charge in [0.05, 0.1) is 0 Å². The molecule has 110 valence electrons. The van der Waals surface area contributed by atoms with Crippen LogP contribution in [-0.2, 0) is 0 Å². The number of carbonyl (C=O) groups is 1. The van der Waals surface area contributed by atoms with E-state index in [1.807, 2.05) is 25.1 Å². The zero-order chi connectivity index (χ0) is 14.4. The Labute approximate surface area is 129 Å². The summed E-state index contributed by atoms with van der Waals surface area (Å²) in [6.07, 6.45) is 0.999. The van der Waals surface area contributed by atoms with E-state index in [4.69, 9.17) is 0 Å². The zero-order valence-corrected chi connectivity index (χ0v) is 13.5. The summed E-state index contributed by atoms with van der Waals surface area (Å²) in [5, 5.41) is 6.32. The van der Waals surface area contributed by atoms with E-state index in [1.165, 1.54) is 0 Å². The molecule has 4 nitrogen and oxygen atoms in total. The maximum Gasteiger partial charge on any atom is 0.251 e. The SMILES string of the molecule is Cc1ccc(C(=O)NCCCN2CCNCC2)cc1Br. The zero-order valence-electron chi connectivity index (χ0n) is 11.9. The predicted octanol–water partition coefficient (Wildman–Crippen LogP) is 1.78. The van der Waals surface area contributed by atoms with Gasteiger partial charge in [-0.05, 0) is 37.6 Å². The number of carbonyl (C=O) groups excluding carboxylic acids is 1. The van der Waals surface area contributed by atoms with Gasteiger partial charge in [-0.3, -0.25) is 4.79 Å². The molecule has 0 spiro atoms. The summed E-state index contributed by atoms with van der Waals surface area (Å²) in [5.74, 6) is 0.00557. The predicted molar refractivity (Wildman–Crippen MR) is 85.1 cm³/mol. The Kier molecular flexibility index (Phi) is 6.01. The number of halogens is 1. The van der Waals surface area contributed by atoms with Gasteiger partial charge in [-0.2, -0.15) is 0 Å². The van der Waals surface area contributed by atoms with Gasteiger partial charge in [-0.25, -0.2) is 0 Å². The molecule has 0 unspecified atom stereocenters. The minimum absolute atomic E-state index is 0.00557. The number of amides is 1. The largest absolute Gasteiger partial charge is 0.352 e. The van der Waals surface area contributed by atoms with E-state index in [0.29, 0.717) is 5.56 Å². The Bertz CT molecular complexity index is 458. The van der Waals surface area contributed by atoms with Crippen LogP contribution in [0.3, 0.4) is 0 Å². The summed E-state index contributed by atoms with van der Waals surface area (Å²) in [6.45, 7) is 8.16. The summed E-state index contributed by atoms with van der Waals surface area (Å²) in [5.41, 5.74) is 1.85. The molecule has 1 aromatic carbocycles. The van der Waals surface area contributed by atoms with Crippen LogP contribution >= 0.6 is 15.9 Å². The van der Waals surface area contributed by atoms with E-state index in [0.717, 1.165) is 55.7 Å². The number of nitrogens with zero attached hydrogens (tertiary/aromatic N) is 1. The van der Waals surface area contributed by atoms with Gasteiger partial charge in [0.1, 0.15) is 0 Å². The highest BCUT2D eigenvalue weighted by Gasteiger charge is 2.09. The number of benzene rings is 1. The number of nitrogens with one attached hydrogen (secondary N) is 2. The maximum atomic E-state index is 12.0. The summed E-state index contributed by atoms with van der Waals surface area (Å²) in [6, 6.07) is 5.70. The molecule has 1 aromatic rings. The van der Waals surface area contributed by atoms with Crippen LogP contribution in [0.15, 0.2) is 22.7 Å². The molecule has 0 saturated carbocycles. The molecular weight excluding hydrogens is 318 g/mol. The monoisotopic (exact) mass is 339 g/mol. The van der Waals surface area contributed by atoms with Gasteiger partial charge in [0.25, 0.3) is 5.91 Å². The van der Waals surface area contributed by atoms with E-state index < -0.39 is 0 Å². The Hall–Kier alpha value is -0.910. The van der Waals surface area contributed by atoms with Crippen molar-refractivity contribution in [1.29, 1.82) is 0 Å². The molecule has 0 aliphatic carbocycles. The van der Waals surface area contributed by atoms with Crippen LogP contribution in [-0.4, -0.2) is 50.1 Å². The Balaban J connectivity index is 1.70. The van der Waals surface area contributed by atoms with E-state index in [-0.39, 0.29) is 5.91 Å². The van der Waals surface area contributed by atoms with Crippen LogP contribution in [0.2, 0.25) is 0 Å². The number of hydrogen-bond donors (Lipinski definition) is 2. The van der Waals surface area contributed by atoms with Crippen molar-refractivity contribution in [3.8, 4) is 0 Å². The molecule has 20 heavy (non-hydrogen) atoms. The summed E-state index contributed by atoms with van der Waals surface area (Å²) >= 11 is 3.46. The molecule has 1 aliphatic heterocycles. The highest BCUT2D eigenvalue weighted by atomic mass is 79.9. The van der Waals surface area contributed by atoms with Crippen LogP contribution in [0.25, 0.3) is 0 Å². The van der Waals surface area contributed by atoms with E-state index in [1.54, 1.807) is 0 Å². The van der Waals surface area contributed by atoms with Crippen LogP contribution in [0, 0.1) is 6.92 Å². The molecule has 0 atom stereocenters. The lowest BCUT2D eigenvalue weighted by Crippen LogP contribution is -2.44. The third-order valence-corrected chi connectivity index (χ3v) is 4.43. The molecule has 1 saturated heterocycles.